The Morgan fingerprint density at radius 1 is 1.00 bits per heavy atom. The number of sulfonamides is 1. The molecule has 1 unspecified atom stereocenters. The number of nitrogens with zero attached hydrogens (tertiary/aromatic N) is 1. The number of carbonyl (C=O) groups excluding carboxylic acids is 1. The van der Waals surface area contributed by atoms with E-state index >= 15 is 8.42 Å². The van der Waals surface area contributed by atoms with Gasteiger partial charge in [0.25, 0.3) is 10.0 Å². The molecule has 0 spiro atoms. The van der Waals surface area contributed by atoms with Crippen LogP contribution in [-0.4, -0.2) is 81.9 Å². The fraction of sp³-hybridized carbons (Fsp3) is 0.513. The lowest BCUT2D eigenvalue weighted by atomic mass is 9.99. The van der Waals surface area contributed by atoms with Crippen LogP contribution in [0.4, 0.5) is 4.79 Å². The third-order valence-corrected chi connectivity index (χ3v) is 12.5. The number of fused-ring (bicyclic) bond motifs is 2. The zero-order chi connectivity index (χ0) is 37.3. The molecule has 3 saturated heterocycles. The maximum atomic E-state index is 15.1. The summed E-state index contributed by atoms with van der Waals surface area (Å²) in [5.74, 6) is 1.52. The number of ether oxygens (including phenoxy) is 7. The van der Waals surface area contributed by atoms with Gasteiger partial charge >= 0.3 is 6.09 Å². The zero-order valence-corrected chi connectivity index (χ0v) is 32.4. The molecule has 7 rings (SSSR count). The van der Waals surface area contributed by atoms with Crippen LogP contribution in [0.2, 0.25) is 0 Å². The monoisotopic (exact) mass is 768 g/mol. The second kappa shape index (κ2) is 15.7. The highest BCUT2D eigenvalue weighted by Crippen LogP contribution is 2.41. The summed E-state index contributed by atoms with van der Waals surface area (Å²) < 4.78 is 72.1. The molecule has 4 aliphatic heterocycles. The quantitative estimate of drug-likeness (QED) is 0.201. The van der Waals surface area contributed by atoms with Crippen molar-refractivity contribution in [2.45, 2.75) is 93.6 Å². The fourth-order valence-electron chi connectivity index (χ4n) is 7.32. The number of hydrogen-bond donors (Lipinski definition) is 1. The molecule has 1 N–H and O–H groups in total. The van der Waals surface area contributed by atoms with Gasteiger partial charge in [0.1, 0.15) is 24.2 Å². The lowest BCUT2D eigenvalue weighted by Crippen LogP contribution is -2.57. The number of carbonyl (C=O) groups is 1. The molecule has 3 aromatic carbocycles. The van der Waals surface area contributed by atoms with Gasteiger partial charge in [-0.1, -0.05) is 38.1 Å². The van der Waals surface area contributed by atoms with Crippen LogP contribution in [-0.2, 0) is 48.4 Å². The van der Waals surface area contributed by atoms with Crippen LogP contribution in [0.15, 0.2) is 70.5 Å². The van der Waals surface area contributed by atoms with E-state index in [0.29, 0.717) is 48.9 Å². The smallest absolute Gasteiger partial charge is 0.424 e. The van der Waals surface area contributed by atoms with Gasteiger partial charge in [-0.05, 0) is 92.3 Å². The average Bonchev–Trinajstić information content (AvgIpc) is 3.94. The number of thioether (sulfide) groups is 1. The zero-order valence-electron chi connectivity index (χ0n) is 30.7. The highest BCUT2D eigenvalue weighted by Gasteiger charge is 2.49. The van der Waals surface area contributed by atoms with Gasteiger partial charge in [0.05, 0.1) is 42.7 Å². The third kappa shape index (κ3) is 8.42. The molecule has 4 aliphatic rings. The van der Waals surface area contributed by atoms with Crippen LogP contribution in [0.1, 0.15) is 50.8 Å². The molecule has 1 amide bonds. The van der Waals surface area contributed by atoms with Crippen LogP contribution in [0.25, 0.3) is 0 Å². The summed E-state index contributed by atoms with van der Waals surface area (Å²) in [7, 11) is -4.56. The number of amides is 1. The van der Waals surface area contributed by atoms with Crippen molar-refractivity contribution in [1.29, 1.82) is 0 Å². The van der Waals surface area contributed by atoms with Crippen molar-refractivity contribution in [1.82, 2.24) is 9.62 Å². The second-order valence-electron chi connectivity index (χ2n) is 14.8. The Morgan fingerprint density at radius 2 is 1.75 bits per heavy atom. The van der Waals surface area contributed by atoms with Gasteiger partial charge in [0, 0.05) is 11.0 Å². The largest absolute Gasteiger partial charge is 0.489 e. The van der Waals surface area contributed by atoms with Crippen molar-refractivity contribution in [3.63, 3.8) is 0 Å². The van der Waals surface area contributed by atoms with Crippen LogP contribution in [0.5, 0.6) is 17.2 Å². The maximum Gasteiger partial charge on any atom is 0.424 e. The summed E-state index contributed by atoms with van der Waals surface area (Å²) in [5, 5.41) is 3.43. The van der Waals surface area contributed by atoms with Gasteiger partial charge in [-0.15, -0.1) is 11.8 Å². The lowest BCUT2D eigenvalue weighted by molar-refractivity contribution is -0.0907. The Morgan fingerprint density at radius 3 is 2.45 bits per heavy atom. The molecular formula is C39H48N2O10S2. The number of benzene rings is 3. The topological polar surface area (TPSA) is 131 Å². The Bertz CT molecular complexity index is 1870. The van der Waals surface area contributed by atoms with Gasteiger partial charge in [0.2, 0.25) is 6.79 Å². The Hall–Kier alpha value is -3.53. The normalized spacial score (nSPS) is 23.6. The molecule has 286 valence electrons. The number of rotatable bonds is 13. The van der Waals surface area contributed by atoms with E-state index in [1.807, 2.05) is 70.3 Å². The first-order chi connectivity index (χ1) is 25.4. The van der Waals surface area contributed by atoms with Gasteiger partial charge in [0.15, 0.2) is 17.8 Å². The fourth-order valence-corrected chi connectivity index (χ4v) is 9.32. The summed E-state index contributed by atoms with van der Waals surface area (Å²) in [6, 6.07) is 17.2. The Labute approximate surface area is 315 Å². The van der Waals surface area contributed by atoms with E-state index in [-0.39, 0.29) is 43.2 Å². The van der Waals surface area contributed by atoms with E-state index in [9.17, 15) is 4.79 Å². The van der Waals surface area contributed by atoms with Crippen molar-refractivity contribution in [2.75, 3.05) is 32.9 Å². The van der Waals surface area contributed by atoms with E-state index in [0.717, 1.165) is 15.4 Å². The molecule has 0 bridgehead atoms. The summed E-state index contributed by atoms with van der Waals surface area (Å²) in [4.78, 5) is 15.6. The number of hydrogen-bond acceptors (Lipinski definition) is 12. The van der Waals surface area contributed by atoms with Gasteiger partial charge in [-0.3, -0.25) is 5.32 Å². The molecule has 3 fully saturated rings. The molecule has 0 saturated carbocycles. The van der Waals surface area contributed by atoms with E-state index < -0.39 is 46.3 Å². The molecule has 12 nitrogen and oxygen atoms in total. The highest BCUT2D eigenvalue weighted by atomic mass is 32.2. The minimum absolute atomic E-state index is 0.0208. The third-order valence-electron chi connectivity index (χ3n) is 9.98. The molecular weight excluding hydrogens is 721 g/mol. The van der Waals surface area contributed by atoms with E-state index in [2.05, 4.69) is 17.4 Å². The summed E-state index contributed by atoms with van der Waals surface area (Å²) in [5.41, 5.74) is 1.77. The second-order valence-corrected chi connectivity index (χ2v) is 17.5. The van der Waals surface area contributed by atoms with E-state index in [1.165, 1.54) is 11.0 Å². The van der Waals surface area contributed by atoms with Crippen molar-refractivity contribution >= 4 is 27.9 Å². The van der Waals surface area contributed by atoms with Crippen LogP contribution in [0.3, 0.4) is 0 Å². The van der Waals surface area contributed by atoms with Crippen LogP contribution in [0, 0.1) is 11.8 Å². The molecule has 0 radical (unpaired) electrons. The van der Waals surface area contributed by atoms with Crippen molar-refractivity contribution < 1.29 is 46.4 Å². The summed E-state index contributed by atoms with van der Waals surface area (Å²) in [6.07, 6.45) is 1.26. The molecule has 53 heavy (non-hydrogen) atoms. The maximum absolute atomic E-state index is 15.1. The SMILES string of the molecule is CSc1ccc(COc2ccc(CC([C@H]3COC(C)(C)N3)N(C(=O)O[C@H]3CO[C@H]4OCC[C@H]43)S(=O)(=O)c3cc(CC(C)C)c4c(c3)OCO4)cc2)cc1. The Balaban J connectivity index is 1.22. The Kier molecular flexibility index (Phi) is 11.2. The van der Waals surface area contributed by atoms with E-state index in [4.69, 9.17) is 33.2 Å². The first kappa shape index (κ1) is 37.8. The standard InChI is InChI=1S/C39H48N2O10S2/c1-24(2)16-27-18-30(19-34-36(27)49-23-48-34)53(43,44)41(38(42)51-35-22-47-37-31(35)14-15-45-37)33(32-21-50-39(3,4)40-32)17-25-6-10-28(11-7-25)46-20-26-8-12-29(52-5)13-9-26/h6-13,18-19,24,31-33,35,37,40H,14-17,20-23H2,1-5H3/t31-,32+,33?,35-,37+/m0/s1. The molecule has 14 heteroatoms. The van der Waals surface area contributed by atoms with Crippen LogP contribution < -0.4 is 19.5 Å². The minimum Gasteiger partial charge on any atom is -0.489 e. The number of nitrogens with one attached hydrogen (secondary N) is 1. The lowest BCUT2D eigenvalue weighted by Gasteiger charge is -2.35. The highest BCUT2D eigenvalue weighted by molar-refractivity contribution is 7.98. The van der Waals surface area contributed by atoms with Gasteiger partial charge < -0.3 is 33.2 Å². The van der Waals surface area contributed by atoms with Gasteiger partial charge in [-0.2, -0.15) is 4.31 Å². The summed E-state index contributed by atoms with van der Waals surface area (Å²) >= 11 is 1.68. The predicted octanol–water partition coefficient (Wildman–Crippen LogP) is 6.14. The molecule has 4 heterocycles. The first-order valence-corrected chi connectivity index (χ1v) is 20.7. The molecule has 3 aromatic rings. The van der Waals surface area contributed by atoms with Crippen LogP contribution >= 0.6 is 11.8 Å². The molecule has 5 atom stereocenters. The van der Waals surface area contributed by atoms with Crippen molar-refractivity contribution in [3.8, 4) is 17.2 Å². The minimum atomic E-state index is -4.56. The average molecular weight is 769 g/mol. The van der Waals surface area contributed by atoms with E-state index in [1.54, 1.807) is 17.8 Å². The summed E-state index contributed by atoms with van der Waals surface area (Å²) in [6.45, 7) is 8.96. The van der Waals surface area contributed by atoms with Gasteiger partial charge in [-0.25, -0.2) is 13.2 Å². The van der Waals surface area contributed by atoms with Crippen molar-refractivity contribution in [3.05, 3.63) is 77.4 Å². The molecule has 0 aromatic heterocycles. The molecule has 0 aliphatic carbocycles. The van der Waals surface area contributed by atoms with Crippen molar-refractivity contribution in [2.24, 2.45) is 11.8 Å². The predicted molar refractivity (Wildman–Crippen MR) is 198 cm³/mol. The first-order valence-electron chi connectivity index (χ1n) is 18.1.